The molecule has 78 valence electrons. The second-order valence-corrected chi connectivity index (χ2v) is 3.20. The normalized spacial score (nSPS) is 12.3. The van der Waals surface area contributed by atoms with E-state index in [1.807, 2.05) is 13.8 Å². The average molecular weight is 196 g/mol. The van der Waals surface area contributed by atoms with Crippen LogP contribution >= 0.6 is 0 Å². The number of ether oxygens (including phenoxy) is 1. The Bertz CT molecular complexity index is 301. The second kappa shape index (κ2) is 4.76. The number of rotatable bonds is 4. The average Bonchev–Trinajstić information content (AvgIpc) is 2.14. The molecule has 0 amide bonds. The summed E-state index contributed by atoms with van der Waals surface area (Å²) in [6.07, 6.45) is 0. The van der Waals surface area contributed by atoms with Crippen LogP contribution in [0, 0.1) is 6.92 Å². The van der Waals surface area contributed by atoms with Gasteiger partial charge in [-0.25, -0.2) is 4.98 Å². The minimum Gasteiger partial charge on any atom is -0.481 e. The van der Waals surface area contributed by atoms with Crippen molar-refractivity contribution < 1.29 is 4.74 Å². The summed E-state index contributed by atoms with van der Waals surface area (Å²) in [5.74, 6) is 1.98. The Morgan fingerprint density at radius 1 is 1.57 bits per heavy atom. The van der Waals surface area contributed by atoms with Crippen LogP contribution in [0.5, 0.6) is 5.88 Å². The summed E-state index contributed by atoms with van der Waals surface area (Å²) < 4.78 is 5.02. The number of aromatic nitrogens is 2. The van der Waals surface area contributed by atoms with E-state index < -0.39 is 0 Å². The molecule has 0 bridgehead atoms. The highest BCUT2D eigenvalue weighted by Gasteiger charge is 2.01. The number of nitrogens with two attached hydrogens (primary N) is 1. The number of methoxy groups -OCH3 is 1. The number of nitrogens with zero attached hydrogens (tertiary/aromatic N) is 2. The van der Waals surface area contributed by atoms with E-state index in [2.05, 4.69) is 15.3 Å². The van der Waals surface area contributed by atoms with Gasteiger partial charge in [0, 0.05) is 18.7 Å². The molecule has 0 spiro atoms. The van der Waals surface area contributed by atoms with Crippen molar-refractivity contribution >= 4 is 5.82 Å². The van der Waals surface area contributed by atoms with Gasteiger partial charge in [0.15, 0.2) is 0 Å². The smallest absolute Gasteiger partial charge is 0.218 e. The summed E-state index contributed by atoms with van der Waals surface area (Å²) in [5, 5.41) is 3.10. The SMILES string of the molecule is COc1cc(NCC(C)N)nc(C)n1. The van der Waals surface area contributed by atoms with Gasteiger partial charge < -0.3 is 15.8 Å². The van der Waals surface area contributed by atoms with Crippen LogP contribution in [0.25, 0.3) is 0 Å². The molecule has 1 atom stereocenters. The lowest BCUT2D eigenvalue weighted by atomic mass is 10.3. The fraction of sp³-hybridized carbons (Fsp3) is 0.556. The molecule has 14 heavy (non-hydrogen) atoms. The molecular weight excluding hydrogens is 180 g/mol. The van der Waals surface area contributed by atoms with Crippen LogP contribution in [0.4, 0.5) is 5.82 Å². The number of hydrogen-bond donors (Lipinski definition) is 2. The van der Waals surface area contributed by atoms with Crippen LogP contribution in [-0.2, 0) is 0 Å². The van der Waals surface area contributed by atoms with Gasteiger partial charge >= 0.3 is 0 Å². The van der Waals surface area contributed by atoms with Gasteiger partial charge in [0.2, 0.25) is 5.88 Å². The van der Waals surface area contributed by atoms with Crippen molar-refractivity contribution in [2.75, 3.05) is 19.0 Å². The minimum atomic E-state index is 0.0938. The summed E-state index contributed by atoms with van der Waals surface area (Å²) in [4.78, 5) is 8.27. The first-order valence-electron chi connectivity index (χ1n) is 4.51. The Balaban J connectivity index is 2.71. The Labute approximate surface area is 83.7 Å². The van der Waals surface area contributed by atoms with Crippen molar-refractivity contribution in [3.8, 4) is 5.88 Å². The molecule has 1 rings (SSSR count). The molecular formula is C9H16N4O. The van der Waals surface area contributed by atoms with E-state index in [0.717, 1.165) is 5.82 Å². The van der Waals surface area contributed by atoms with Gasteiger partial charge in [-0.3, -0.25) is 0 Å². The molecule has 0 aliphatic heterocycles. The lowest BCUT2D eigenvalue weighted by Crippen LogP contribution is -2.25. The second-order valence-electron chi connectivity index (χ2n) is 3.20. The van der Waals surface area contributed by atoms with Crippen molar-refractivity contribution in [1.82, 2.24) is 9.97 Å². The third-order valence-electron chi connectivity index (χ3n) is 1.63. The molecule has 1 aromatic rings. The van der Waals surface area contributed by atoms with E-state index in [-0.39, 0.29) is 6.04 Å². The predicted molar refractivity (Wildman–Crippen MR) is 55.5 cm³/mol. The maximum absolute atomic E-state index is 5.61. The number of hydrogen-bond acceptors (Lipinski definition) is 5. The highest BCUT2D eigenvalue weighted by molar-refractivity contribution is 5.38. The first-order chi connectivity index (χ1) is 6.61. The molecule has 0 aliphatic carbocycles. The molecule has 1 aromatic heterocycles. The minimum absolute atomic E-state index is 0.0938. The van der Waals surface area contributed by atoms with Crippen molar-refractivity contribution in [2.45, 2.75) is 19.9 Å². The highest BCUT2D eigenvalue weighted by Crippen LogP contribution is 2.12. The highest BCUT2D eigenvalue weighted by atomic mass is 16.5. The molecule has 1 unspecified atom stereocenters. The van der Waals surface area contributed by atoms with E-state index in [1.54, 1.807) is 13.2 Å². The Hall–Kier alpha value is -1.36. The first-order valence-corrected chi connectivity index (χ1v) is 4.51. The Morgan fingerprint density at radius 3 is 2.86 bits per heavy atom. The van der Waals surface area contributed by atoms with Gasteiger partial charge in [-0.05, 0) is 13.8 Å². The first kappa shape index (κ1) is 10.7. The lowest BCUT2D eigenvalue weighted by molar-refractivity contribution is 0.396. The summed E-state index contributed by atoms with van der Waals surface area (Å²) in [5.41, 5.74) is 5.61. The fourth-order valence-corrected chi connectivity index (χ4v) is 1.00. The van der Waals surface area contributed by atoms with E-state index in [1.165, 1.54) is 0 Å². The van der Waals surface area contributed by atoms with Gasteiger partial charge in [-0.1, -0.05) is 0 Å². The summed E-state index contributed by atoms with van der Waals surface area (Å²) in [6.45, 7) is 4.43. The van der Waals surface area contributed by atoms with E-state index in [0.29, 0.717) is 18.2 Å². The molecule has 5 heteroatoms. The topological polar surface area (TPSA) is 73.1 Å². The lowest BCUT2D eigenvalue weighted by Gasteiger charge is -2.09. The van der Waals surface area contributed by atoms with Crippen LogP contribution in [-0.4, -0.2) is 29.7 Å². The third-order valence-corrected chi connectivity index (χ3v) is 1.63. The van der Waals surface area contributed by atoms with E-state index >= 15 is 0 Å². The molecule has 0 saturated carbocycles. The standard InChI is InChI=1S/C9H16N4O/c1-6(10)5-11-8-4-9(14-3)13-7(2)12-8/h4,6H,5,10H2,1-3H3,(H,11,12,13). The maximum atomic E-state index is 5.61. The van der Waals surface area contributed by atoms with Gasteiger partial charge in [-0.2, -0.15) is 4.98 Å². The number of anilines is 1. The van der Waals surface area contributed by atoms with Crippen molar-refractivity contribution in [2.24, 2.45) is 5.73 Å². The maximum Gasteiger partial charge on any atom is 0.218 e. The number of aryl methyl sites for hydroxylation is 1. The molecule has 0 radical (unpaired) electrons. The fourth-order valence-electron chi connectivity index (χ4n) is 1.00. The van der Waals surface area contributed by atoms with Crippen LogP contribution < -0.4 is 15.8 Å². The zero-order valence-corrected chi connectivity index (χ0v) is 8.74. The van der Waals surface area contributed by atoms with E-state index in [9.17, 15) is 0 Å². The van der Waals surface area contributed by atoms with Gasteiger partial charge in [0.05, 0.1) is 7.11 Å². The van der Waals surface area contributed by atoms with Crippen LogP contribution in [0.3, 0.4) is 0 Å². The zero-order chi connectivity index (χ0) is 10.6. The predicted octanol–water partition coefficient (Wildman–Crippen LogP) is 0.553. The van der Waals surface area contributed by atoms with E-state index in [4.69, 9.17) is 10.5 Å². The van der Waals surface area contributed by atoms with Gasteiger partial charge in [0.1, 0.15) is 11.6 Å². The molecule has 1 heterocycles. The van der Waals surface area contributed by atoms with Crippen LogP contribution in [0.15, 0.2) is 6.07 Å². The third kappa shape index (κ3) is 3.18. The largest absolute Gasteiger partial charge is 0.481 e. The molecule has 5 nitrogen and oxygen atoms in total. The molecule has 0 aromatic carbocycles. The molecule has 3 N–H and O–H groups in total. The molecule has 0 saturated heterocycles. The number of nitrogens with one attached hydrogen (secondary N) is 1. The van der Waals surface area contributed by atoms with Crippen LogP contribution in [0.1, 0.15) is 12.7 Å². The monoisotopic (exact) mass is 196 g/mol. The quantitative estimate of drug-likeness (QED) is 0.735. The summed E-state index contributed by atoms with van der Waals surface area (Å²) >= 11 is 0. The Morgan fingerprint density at radius 2 is 2.29 bits per heavy atom. The van der Waals surface area contributed by atoms with Crippen molar-refractivity contribution in [1.29, 1.82) is 0 Å². The van der Waals surface area contributed by atoms with Gasteiger partial charge in [-0.15, -0.1) is 0 Å². The zero-order valence-electron chi connectivity index (χ0n) is 8.74. The summed E-state index contributed by atoms with van der Waals surface area (Å²) in [7, 11) is 1.58. The van der Waals surface area contributed by atoms with Crippen molar-refractivity contribution in [3.63, 3.8) is 0 Å². The molecule has 0 aliphatic rings. The van der Waals surface area contributed by atoms with Crippen molar-refractivity contribution in [3.05, 3.63) is 11.9 Å². The van der Waals surface area contributed by atoms with Gasteiger partial charge in [0.25, 0.3) is 0 Å². The van der Waals surface area contributed by atoms with Crippen LogP contribution in [0.2, 0.25) is 0 Å². The molecule has 0 fully saturated rings. The summed E-state index contributed by atoms with van der Waals surface area (Å²) in [6, 6.07) is 1.84. The Kier molecular flexibility index (Phi) is 3.64.